The molecule has 0 radical (unpaired) electrons. The van der Waals surface area contributed by atoms with E-state index in [0.717, 1.165) is 11.1 Å². The molecule has 27 heavy (non-hydrogen) atoms. The van der Waals surface area contributed by atoms with Crippen molar-refractivity contribution in [2.45, 2.75) is 27.0 Å². The maximum atomic E-state index is 12.2. The van der Waals surface area contributed by atoms with E-state index in [4.69, 9.17) is 4.74 Å². The minimum absolute atomic E-state index is 0.0907. The van der Waals surface area contributed by atoms with E-state index >= 15 is 0 Å². The first-order valence-electron chi connectivity index (χ1n) is 8.42. The molecule has 3 aromatic rings. The summed E-state index contributed by atoms with van der Waals surface area (Å²) >= 11 is 0. The number of fused-ring (bicyclic) bond motifs is 1. The van der Waals surface area contributed by atoms with Crippen molar-refractivity contribution in [2.24, 2.45) is 0 Å². The molecular weight excluding hydrogens is 346 g/mol. The van der Waals surface area contributed by atoms with Gasteiger partial charge in [0.2, 0.25) is 5.91 Å². The first-order valence-corrected chi connectivity index (χ1v) is 8.42. The number of aromatic nitrogens is 2. The van der Waals surface area contributed by atoms with Gasteiger partial charge in [-0.25, -0.2) is 9.78 Å². The molecule has 0 atom stereocenters. The van der Waals surface area contributed by atoms with Crippen molar-refractivity contribution in [1.29, 1.82) is 0 Å². The fourth-order valence-corrected chi connectivity index (χ4v) is 2.59. The number of ether oxygens (including phenoxy) is 1. The molecule has 2 heterocycles. The highest BCUT2D eigenvalue weighted by atomic mass is 16.5. The van der Waals surface area contributed by atoms with E-state index in [-0.39, 0.29) is 18.1 Å². The second kappa shape index (κ2) is 7.82. The lowest BCUT2D eigenvalue weighted by atomic mass is 10.1. The third kappa shape index (κ3) is 4.38. The fraction of sp³-hybridized carbons (Fsp3) is 0.200. The molecule has 3 rings (SSSR count). The van der Waals surface area contributed by atoms with Gasteiger partial charge in [-0.15, -0.1) is 0 Å². The number of rotatable bonds is 5. The Balaban J connectivity index is 1.68. The van der Waals surface area contributed by atoms with Gasteiger partial charge in [-0.2, -0.15) is 0 Å². The zero-order valence-corrected chi connectivity index (χ0v) is 15.1. The van der Waals surface area contributed by atoms with Gasteiger partial charge in [0.1, 0.15) is 12.3 Å². The number of carbonyl (C=O) groups excluding carboxylic acids is 2. The predicted molar refractivity (Wildman–Crippen MR) is 99.3 cm³/mol. The lowest BCUT2D eigenvalue weighted by molar-refractivity contribution is -0.119. The van der Waals surface area contributed by atoms with E-state index < -0.39 is 5.97 Å². The van der Waals surface area contributed by atoms with Gasteiger partial charge in [0.25, 0.3) is 5.56 Å². The molecule has 7 nitrogen and oxygen atoms in total. The molecular formula is C20H19N3O4. The fourth-order valence-electron chi connectivity index (χ4n) is 2.59. The van der Waals surface area contributed by atoms with Crippen LogP contribution in [0.4, 0.5) is 0 Å². The molecule has 0 unspecified atom stereocenters. The number of nitrogens with one attached hydrogen (secondary N) is 1. The van der Waals surface area contributed by atoms with Crippen LogP contribution >= 0.6 is 0 Å². The minimum Gasteiger partial charge on any atom is -0.456 e. The second-order valence-electron chi connectivity index (χ2n) is 6.15. The topological polar surface area (TPSA) is 89.8 Å². The van der Waals surface area contributed by atoms with Crippen molar-refractivity contribution < 1.29 is 14.3 Å². The summed E-state index contributed by atoms with van der Waals surface area (Å²) in [7, 11) is 0. The van der Waals surface area contributed by atoms with Crippen LogP contribution < -0.4 is 10.9 Å². The van der Waals surface area contributed by atoms with Crippen molar-refractivity contribution in [3.8, 4) is 0 Å². The average molecular weight is 365 g/mol. The monoisotopic (exact) mass is 365 g/mol. The molecule has 0 saturated heterocycles. The number of pyridine rings is 1. The van der Waals surface area contributed by atoms with Crippen LogP contribution in [0.3, 0.4) is 0 Å². The van der Waals surface area contributed by atoms with E-state index in [0.29, 0.717) is 23.4 Å². The number of carbonyl (C=O) groups is 2. The number of nitrogens with zero attached hydrogens (tertiary/aromatic N) is 2. The molecule has 2 aromatic heterocycles. The Labute approximate surface area is 155 Å². The highest BCUT2D eigenvalue weighted by molar-refractivity contribution is 5.89. The molecule has 0 fully saturated rings. The van der Waals surface area contributed by atoms with Crippen molar-refractivity contribution in [3.05, 3.63) is 81.4 Å². The summed E-state index contributed by atoms with van der Waals surface area (Å²) in [4.78, 5) is 39.7. The first kappa shape index (κ1) is 18.3. The quantitative estimate of drug-likeness (QED) is 0.699. The van der Waals surface area contributed by atoms with Crippen LogP contribution in [0.2, 0.25) is 0 Å². The zero-order valence-electron chi connectivity index (χ0n) is 15.1. The largest absolute Gasteiger partial charge is 0.456 e. The summed E-state index contributed by atoms with van der Waals surface area (Å²) in [5, 5.41) is 2.69. The van der Waals surface area contributed by atoms with Crippen molar-refractivity contribution in [2.75, 3.05) is 0 Å². The molecule has 0 aliphatic carbocycles. The summed E-state index contributed by atoms with van der Waals surface area (Å²) < 4.78 is 6.73. The summed E-state index contributed by atoms with van der Waals surface area (Å²) in [6.45, 7) is 3.61. The second-order valence-corrected chi connectivity index (χ2v) is 6.15. The number of aryl methyl sites for hydroxylation is 1. The Morgan fingerprint density at radius 2 is 1.93 bits per heavy atom. The number of benzene rings is 1. The third-order valence-corrected chi connectivity index (χ3v) is 4.02. The Morgan fingerprint density at radius 1 is 1.19 bits per heavy atom. The number of hydrogen-bond donors (Lipinski definition) is 1. The van der Waals surface area contributed by atoms with Gasteiger partial charge in [0.15, 0.2) is 0 Å². The van der Waals surface area contributed by atoms with Gasteiger partial charge in [-0.3, -0.25) is 14.0 Å². The van der Waals surface area contributed by atoms with Gasteiger partial charge < -0.3 is 10.1 Å². The van der Waals surface area contributed by atoms with Crippen LogP contribution in [0, 0.1) is 6.92 Å². The van der Waals surface area contributed by atoms with Crippen LogP contribution in [0.5, 0.6) is 0 Å². The normalized spacial score (nSPS) is 10.6. The Bertz CT molecular complexity index is 1060. The molecule has 0 aliphatic heterocycles. The van der Waals surface area contributed by atoms with E-state index in [9.17, 15) is 14.4 Å². The lowest BCUT2D eigenvalue weighted by Crippen LogP contribution is -2.19. The van der Waals surface area contributed by atoms with Gasteiger partial charge in [-0.1, -0.05) is 18.2 Å². The molecule has 0 aliphatic rings. The highest BCUT2D eigenvalue weighted by Crippen LogP contribution is 2.09. The first-order chi connectivity index (χ1) is 12.9. The summed E-state index contributed by atoms with van der Waals surface area (Å²) in [6.07, 6.45) is 1.65. The van der Waals surface area contributed by atoms with Gasteiger partial charge >= 0.3 is 5.97 Å². The van der Waals surface area contributed by atoms with Crippen LogP contribution in [0.1, 0.15) is 34.1 Å². The molecule has 0 bridgehead atoms. The number of amides is 1. The molecule has 1 N–H and O–H groups in total. The molecule has 138 valence electrons. The Morgan fingerprint density at radius 3 is 2.63 bits per heavy atom. The van der Waals surface area contributed by atoms with Crippen molar-refractivity contribution in [1.82, 2.24) is 14.7 Å². The molecule has 0 saturated carbocycles. The number of esters is 1. The third-order valence-electron chi connectivity index (χ3n) is 4.02. The summed E-state index contributed by atoms with van der Waals surface area (Å²) in [5.74, 6) is -0.625. The van der Waals surface area contributed by atoms with Crippen molar-refractivity contribution in [3.63, 3.8) is 0 Å². The molecule has 1 aromatic carbocycles. The van der Waals surface area contributed by atoms with Crippen molar-refractivity contribution >= 4 is 17.5 Å². The van der Waals surface area contributed by atoms with Crippen LogP contribution in [0.25, 0.3) is 5.65 Å². The maximum absolute atomic E-state index is 12.2. The molecule has 0 spiro atoms. The zero-order chi connectivity index (χ0) is 19.4. The van der Waals surface area contributed by atoms with E-state index in [2.05, 4.69) is 10.3 Å². The Kier molecular flexibility index (Phi) is 5.30. The van der Waals surface area contributed by atoms with E-state index in [1.807, 2.05) is 13.0 Å². The smallest absolute Gasteiger partial charge is 0.338 e. The van der Waals surface area contributed by atoms with E-state index in [1.165, 1.54) is 17.4 Å². The summed E-state index contributed by atoms with van der Waals surface area (Å²) in [6, 6.07) is 11.8. The predicted octanol–water partition coefficient (Wildman–Crippen LogP) is 2.00. The lowest BCUT2D eigenvalue weighted by Gasteiger charge is -2.08. The number of hydrogen-bond acceptors (Lipinski definition) is 5. The van der Waals surface area contributed by atoms with Gasteiger partial charge in [0.05, 0.1) is 11.3 Å². The standard InChI is InChI=1S/C20H19N3O4/c1-13-4-3-9-23-18(25)10-17(22-19(13)23)12-27-20(26)16-7-5-15(6-8-16)11-21-14(2)24/h3-10H,11-12H2,1-2H3,(H,21,24). The van der Waals surface area contributed by atoms with Crippen LogP contribution in [-0.2, 0) is 22.7 Å². The van der Waals surface area contributed by atoms with Gasteiger partial charge in [0, 0.05) is 25.7 Å². The van der Waals surface area contributed by atoms with E-state index in [1.54, 1.807) is 36.5 Å². The SMILES string of the molecule is CC(=O)NCc1ccc(C(=O)OCc2cc(=O)n3cccc(C)c3n2)cc1. The average Bonchev–Trinajstić information content (AvgIpc) is 2.66. The van der Waals surface area contributed by atoms with Crippen LogP contribution in [-0.4, -0.2) is 21.3 Å². The molecule has 7 heteroatoms. The Hall–Kier alpha value is -3.48. The summed E-state index contributed by atoms with van der Waals surface area (Å²) in [5.41, 5.74) is 2.83. The minimum atomic E-state index is -0.507. The highest BCUT2D eigenvalue weighted by Gasteiger charge is 2.10. The maximum Gasteiger partial charge on any atom is 0.338 e. The van der Waals surface area contributed by atoms with Crippen LogP contribution in [0.15, 0.2) is 53.5 Å². The molecule has 1 amide bonds. The van der Waals surface area contributed by atoms with Gasteiger partial charge in [-0.05, 0) is 36.2 Å².